The Kier molecular flexibility index (Phi) is 10.7. The number of para-hydroxylation sites is 1. The summed E-state index contributed by atoms with van der Waals surface area (Å²) >= 11 is 0. The average Bonchev–Trinajstić information content (AvgIpc) is 3.94. The van der Waals surface area contributed by atoms with Gasteiger partial charge in [0.2, 0.25) is 11.8 Å². The van der Waals surface area contributed by atoms with Crippen LogP contribution in [0.1, 0.15) is 56.9 Å². The maximum Gasteiger partial charge on any atom is 0.236 e. The molecule has 0 bridgehead atoms. The molecule has 2 aromatic carbocycles. The molecule has 1 aromatic heterocycles. The molecule has 0 aliphatic heterocycles. The monoisotopic (exact) mass is 586 g/mol. The van der Waals surface area contributed by atoms with E-state index in [1.807, 2.05) is 79.1 Å². The molecule has 8 heteroatoms. The van der Waals surface area contributed by atoms with Gasteiger partial charge in [0.05, 0.1) is 30.1 Å². The Labute approximate surface area is 253 Å². The summed E-state index contributed by atoms with van der Waals surface area (Å²) in [4.78, 5) is 41.5. The predicted octanol–water partition coefficient (Wildman–Crippen LogP) is 6.35. The van der Waals surface area contributed by atoms with E-state index in [1.54, 1.807) is 21.1 Å². The molecule has 5 rings (SSSR count). The molecule has 3 aromatic rings. The van der Waals surface area contributed by atoms with Crippen molar-refractivity contribution >= 4 is 34.7 Å². The number of carbonyl (C=O) groups excluding carboxylic acids is 3. The number of aliphatic hydroxyl groups is 1. The van der Waals surface area contributed by atoms with Gasteiger partial charge in [0.15, 0.2) is 6.29 Å². The zero-order chi connectivity index (χ0) is 31.1. The minimum atomic E-state index is -0.145. The molecule has 1 unspecified atom stereocenters. The zero-order valence-electron chi connectivity index (χ0n) is 25.7. The number of carbonyl (C=O) groups is 3. The Morgan fingerprint density at radius 3 is 2.14 bits per heavy atom. The fourth-order valence-corrected chi connectivity index (χ4v) is 5.24. The third-order valence-electron chi connectivity index (χ3n) is 7.67. The van der Waals surface area contributed by atoms with Crippen molar-refractivity contribution in [2.24, 2.45) is 11.8 Å². The van der Waals surface area contributed by atoms with Crippen molar-refractivity contribution in [3.8, 4) is 16.9 Å². The van der Waals surface area contributed by atoms with Crippen molar-refractivity contribution in [1.82, 2.24) is 4.57 Å². The number of fused-ring (bicyclic) bond motifs is 1. The molecule has 1 atom stereocenters. The van der Waals surface area contributed by atoms with Gasteiger partial charge in [0.25, 0.3) is 0 Å². The molecule has 2 aliphatic rings. The van der Waals surface area contributed by atoms with Crippen LogP contribution in [0.4, 0.5) is 5.69 Å². The molecule has 1 N–H and O–H groups in total. The largest absolute Gasteiger partial charge is 0.497 e. The number of aliphatic hydroxyl groups excluding tert-OH is 1. The quantitative estimate of drug-likeness (QED) is 0.160. The van der Waals surface area contributed by atoms with Crippen LogP contribution in [0, 0.1) is 11.8 Å². The van der Waals surface area contributed by atoms with E-state index in [0.717, 1.165) is 54.1 Å². The summed E-state index contributed by atoms with van der Waals surface area (Å²) in [6.07, 6.45) is 9.87. The van der Waals surface area contributed by atoms with Crippen LogP contribution in [-0.2, 0) is 20.9 Å². The van der Waals surface area contributed by atoms with Crippen LogP contribution in [0.15, 0.2) is 66.3 Å². The summed E-state index contributed by atoms with van der Waals surface area (Å²) in [6, 6.07) is 13.2. The Balaban J connectivity index is 0.00000135. The second-order valence-corrected chi connectivity index (χ2v) is 10.9. The summed E-state index contributed by atoms with van der Waals surface area (Å²) in [5.74, 6) is 0.160. The number of imide groups is 1. The maximum absolute atomic E-state index is 13.6. The first-order valence-electron chi connectivity index (χ1n) is 14.9. The second-order valence-electron chi connectivity index (χ2n) is 10.9. The first-order chi connectivity index (χ1) is 20.8. The van der Waals surface area contributed by atoms with E-state index in [9.17, 15) is 14.4 Å². The van der Waals surface area contributed by atoms with Crippen LogP contribution in [0.2, 0.25) is 0 Å². The molecule has 1 heterocycles. The third-order valence-corrected chi connectivity index (χ3v) is 7.67. The van der Waals surface area contributed by atoms with Crippen LogP contribution in [0.25, 0.3) is 22.0 Å². The molecule has 2 amide bonds. The van der Waals surface area contributed by atoms with Gasteiger partial charge in [0.1, 0.15) is 5.75 Å². The topological polar surface area (TPSA) is 98.1 Å². The lowest BCUT2D eigenvalue weighted by Gasteiger charge is -2.23. The van der Waals surface area contributed by atoms with E-state index in [0.29, 0.717) is 29.2 Å². The van der Waals surface area contributed by atoms with E-state index in [1.165, 1.54) is 4.90 Å². The minimum absolute atomic E-state index is 0.131. The Morgan fingerprint density at radius 2 is 1.65 bits per heavy atom. The highest BCUT2D eigenvalue weighted by molar-refractivity contribution is 6.22. The lowest BCUT2D eigenvalue weighted by Crippen LogP contribution is -2.39. The summed E-state index contributed by atoms with van der Waals surface area (Å²) in [6.45, 7) is 6.19. The number of hydrogen-bond donors (Lipinski definition) is 1. The standard InChI is InChI=1S/C33H36N2O5.C2H6O/c1-5-7-22(18-21(2)39-3)19-34-29(20-36)30(23-14-16-26(40-4)17-15-23)27-8-6-9-28(31(27)34)35(32(37)24-10-11-24)33(38)25-12-13-25;1-2-3/h5-9,14-18,20-21,24-25H,10-13,19H2,1-4H3;3H,2H2,1H3/b7-5-,22-18+;. The van der Waals surface area contributed by atoms with Crippen LogP contribution in [-0.4, -0.2) is 54.7 Å². The van der Waals surface area contributed by atoms with Gasteiger partial charge < -0.3 is 19.1 Å². The number of aromatic nitrogens is 1. The smallest absolute Gasteiger partial charge is 0.236 e. The Hall–Kier alpha value is -4.01. The van der Waals surface area contributed by atoms with Gasteiger partial charge >= 0.3 is 0 Å². The van der Waals surface area contributed by atoms with Gasteiger partial charge in [-0.05, 0) is 75.8 Å². The van der Waals surface area contributed by atoms with E-state index in [4.69, 9.17) is 14.6 Å². The van der Waals surface area contributed by atoms with Gasteiger partial charge in [-0.2, -0.15) is 0 Å². The van der Waals surface area contributed by atoms with Gasteiger partial charge in [-0.15, -0.1) is 0 Å². The number of benzene rings is 2. The van der Waals surface area contributed by atoms with E-state index >= 15 is 0 Å². The van der Waals surface area contributed by atoms with Crippen molar-refractivity contribution in [2.45, 2.75) is 59.1 Å². The molecule has 2 fully saturated rings. The number of nitrogens with zero attached hydrogens (tertiary/aromatic N) is 2. The number of ether oxygens (including phenoxy) is 2. The SMILES string of the molecule is C/C=C\C(=C/C(C)OC)Cn1c(C=O)c(-c2ccc(OC)cc2)c2cccc(N(C(=O)C3CC3)C(=O)C3CC3)c21.CCO. The molecule has 228 valence electrons. The lowest BCUT2D eigenvalue weighted by molar-refractivity contribution is -0.127. The molecule has 8 nitrogen and oxygen atoms in total. The van der Waals surface area contributed by atoms with Gasteiger partial charge in [-0.1, -0.05) is 42.5 Å². The summed E-state index contributed by atoms with van der Waals surface area (Å²) < 4.78 is 12.8. The number of amides is 2. The second kappa shape index (κ2) is 14.4. The maximum atomic E-state index is 13.6. The Morgan fingerprint density at radius 1 is 1.05 bits per heavy atom. The van der Waals surface area contributed by atoms with Crippen molar-refractivity contribution in [3.63, 3.8) is 0 Å². The van der Waals surface area contributed by atoms with Gasteiger partial charge in [0, 0.05) is 43.0 Å². The van der Waals surface area contributed by atoms with Crippen LogP contribution in [0.3, 0.4) is 0 Å². The highest BCUT2D eigenvalue weighted by Gasteiger charge is 2.43. The number of rotatable bonds is 11. The molecule has 0 saturated heterocycles. The normalized spacial score (nSPS) is 15.6. The number of anilines is 1. The number of aldehydes is 1. The molecule has 0 spiro atoms. The summed E-state index contributed by atoms with van der Waals surface area (Å²) in [5, 5.41) is 8.38. The fourth-order valence-electron chi connectivity index (χ4n) is 5.24. The number of hydrogen-bond acceptors (Lipinski definition) is 6. The fraction of sp³-hybridized carbons (Fsp3) is 0.400. The van der Waals surface area contributed by atoms with Crippen molar-refractivity contribution < 1.29 is 29.0 Å². The van der Waals surface area contributed by atoms with Crippen molar-refractivity contribution in [3.05, 3.63) is 72.0 Å². The van der Waals surface area contributed by atoms with Crippen LogP contribution < -0.4 is 9.64 Å². The highest BCUT2D eigenvalue weighted by Crippen LogP contribution is 2.43. The first kappa shape index (κ1) is 31.9. The van der Waals surface area contributed by atoms with E-state index in [-0.39, 0.29) is 36.4 Å². The minimum Gasteiger partial charge on any atom is -0.497 e. The Bertz CT molecular complexity index is 1490. The molecule has 2 saturated carbocycles. The van der Waals surface area contributed by atoms with E-state index in [2.05, 4.69) is 0 Å². The predicted molar refractivity (Wildman–Crippen MR) is 169 cm³/mol. The van der Waals surface area contributed by atoms with Crippen LogP contribution in [0.5, 0.6) is 5.75 Å². The number of methoxy groups -OCH3 is 2. The molecular weight excluding hydrogens is 544 g/mol. The summed E-state index contributed by atoms with van der Waals surface area (Å²) in [5.41, 5.74) is 4.26. The highest BCUT2D eigenvalue weighted by atomic mass is 16.5. The van der Waals surface area contributed by atoms with Crippen LogP contribution >= 0.6 is 0 Å². The van der Waals surface area contributed by atoms with Crippen molar-refractivity contribution in [1.29, 1.82) is 0 Å². The van der Waals surface area contributed by atoms with E-state index < -0.39 is 0 Å². The third kappa shape index (κ3) is 7.14. The molecule has 0 radical (unpaired) electrons. The first-order valence-corrected chi connectivity index (χ1v) is 14.9. The number of allylic oxidation sites excluding steroid dienone is 3. The van der Waals surface area contributed by atoms with Crippen molar-refractivity contribution in [2.75, 3.05) is 25.7 Å². The molecular formula is C35H42N2O6. The molecule has 2 aliphatic carbocycles. The average molecular weight is 587 g/mol. The summed E-state index contributed by atoms with van der Waals surface area (Å²) in [7, 11) is 3.27. The van der Waals surface area contributed by atoms with Gasteiger partial charge in [-0.25, -0.2) is 4.90 Å². The molecule has 43 heavy (non-hydrogen) atoms. The zero-order valence-corrected chi connectivity index (χ0v) is 25.7. The van der Waals surface area contributed by atoms with Gasteiger partial charge in [-0.3, -0.25) is 14.4 Å². The lowest BCUT2D eigenvalue weighted by atomic mass is 10.0.